The maximum Gasteiger partial charge on any atom is 0.308 e. The Hall–Kier alpha value is -1.89. The van der Waals surface area contributed by atoms with Crippen LogP contribution >= 0.6 is 0 Å². The topological polar surface area (TPSA) is 76.5 Å². The van der Waals surface area contributed by atoms with Gasteiger partial charge in [0.1, 0.15) is 5.82 Å². The minimum atomic E-state index is -0.139. The van der Waals surface area contributed by atoms with Crippen molar-refractivity contribution in [2.45, 2.75) is 44.6 Å². The number of carbonyl (C=O) groups excluding carboxylic acids is 2. The largest absolute Gasteiger partial charge is 0.469 e. The second-order valence-corrected chi connectivity index (χ2v) is 6.72. The van der Waals surface area contributed by atoms with Gasteiger partial charge in [0.05, 0.1) is 31.8 Å². The third-order valence-electron chi connectivity index (χ3n) is 5.10. The number of amides is 1. The molecule has 1 saturated carbocycles. The molecule has 0 spiro atoms. The van der Waals surface area contributed by atoms with E-state index in [1.807, 2.05) is 10.7 Å². The molecule has 1 amide bonds. The van der Waals surface area contributed by atoms with Gasteiger partial charge >= 0.3 is 5.97 Å². The summed E-state index contributed by atoms with van der Waals surface area (Å²) in [5, 5.41) is 7.36. The molecule has 2 heterocycles. The lowest BCUT2D eigenvalue weighted by molar-refractivity contribution is -0.147. The molecule has 0 atom stereocenters. The summed E-state index contributed by atoms with van der Waals surface area (Å²) in [7, 11) is 1.43. The number of likely N-dealkylation sites (tertiary alicyclic amines) is 1. The molecule has 24 heavy (non-hydrogen) atoms. The molecule has 0 unspecified atom stereocenters. The number of esters is 1. The number of carbonyl (C=O) groups is 2. The Balaban J connectivity index is 1.48. The number of hydrogen-bond donors (Lipinski definition) is 1. The third-order valence-corrected chi connectivity index (χ3v) is 5.10. The molecule has 132 valence electrons. The monoisotopic (exact) mass is 334 g/mol. The molecule has 0 aromatic carbocycles. The van der Waals surface area contributed by atoms with Gasteiger partial charge in [0, 0.05) is 6.07 Å². The van der Waals surface area contributed by atoms with Gasteiger partial charge in [-0.05, 0) is 38.8 Å². The Kier molecular flexibility index (Phi) is 5.50. The molecular weight excluding hydrogens is 308 g/mol. The maximum atomic E-state index is 12.3. The number of ether oxygens (including phenoxy) is 1. The number of nitrogens with zero attached hydrogens (tertiary/aromatic N) is 3. The van der Waals surface area contributed by atoms with E-state index in [4.69, 9.17) is 4.74 Å². The van der Waals surface area contributed by atoms with Crippen LogP contribution in [0.3, 0.4) is 0 Å². The molecule has 2 aliphatic rings. The zero-order chi connectivity index (χ0) is 16.9. The lowest BCUT2D eigenvalue weighted by Crippen LogP contribution is -2.41. The van der Waals surface area contributed by atoms with Gasteiger partial charge < -0.3 is 10.1 Å². The molecule has 1 saturated heterocycles. The molecule has 1 aromatic rings. The first-order chi connectivity index (χ1) is 11.7. The minimum absolute atomic E-state index is 0.0220. The number of rotatable bonds is 5. The number of piperidine rings is 1. The van der Waals surface area contributed by atoms with Crippen molar-refractivity contribution < 1.29 is 14.3 Å². The van der Waals surface area contributed by atoms with Crippen LogP contribution in [0.25, 0.3) is 0 Å². The van der Waals surface area contributed by atoms with Crippen molar-refractivity contribution in [3.63, 3.8) is 0 Å². The van der Waals surface area contributed by atoms with Crippen molar-refractivity contribution in [2.75, 3.05) is 32.1 Å². The first-order valence-corrected chi connectivity index (χ1v) is 8.81. The standard InChI is InChI=1S/C17H26N4O3/c1-24-17(23)13-7-10-20(11-8-13)12-16(22)19-15-6-9-18-21(15)14-4-2-3-5-14/h6,9,13-14H,2-5,7-8,10-12H2,1H3,(H,19,22). The highest BCUT2D eigenvalue weighted by Gasteiger charge is 2.27. The first-order valence-electron chi connectivity index (χ1n) is 8.81. The first kappa shape index (κ1) is 17.0. The molecule has 1 aliphatic carbocycles. The molecule has 7 heteroatoms. The summed E-state index contributed by atoms with van der Waals surface area (Å²) in [6.07, 6.45) is 7.97. The van der Waals surface area contributed by atoms with E-state index >= 15 is 0 Å². The van der Waals surface area contributed by atoms with Crippen molar-refractivity contribution in [1.82, 2.24) is 14.7 Å². The van der Waals surface area contributed by atoms with E-state index in [0.717, 1.165) is 44.6 Å². The van der Waals surface area contributed by atoms with E-state index in [2.05, 4.69) is 15.3 Å². The molecule has 2 fully saturated rings. The number of nitrogens with one attached hydrogen (secondary N) is 1. The normalized spacial score (nSPS) is 20.2. The van der Waals surface area contributed by atoms with Crippen LogP contribution in [0.1, 0.15) is 44.6 Å². The number of anilines is 1. The van der Waals surface area contributed by atoms with Gasteiger partial charge in [-0.15, -0.1) is 0 Å². The van der Waals surface area contributed by atoms with Crippen molar-refractivity contribution in [3.05, 3.63) is 12.3 Å². The fraction of sp³-hybridized carbons (Fsp3) is 0.706. The van der Waals surface area contributed by atoms with Crippen molar-refractivity contribution in [3.8, 4) is 0 Å². The van der Waals surface area contributed by atoms with E-state index < -0.39 is 0 Å². The summed E-state index contributed by atoms with van der Waals surface area (Å²) >= 11 is 0. The SMILES string of the molecule is COC(=O)C1CCN(CC(=O)Nc2ccnn2C2CCCC2)CC1. The highest BCUT2D eigenvalue weighted by atomic mass is 16.5. The summed E-state index contributed by atoms with van der Waals surface area (Å²) in [5.74, 6) is 0.597. The Morgan fingerprint density at radius 2 is 1.96 bits per heavy atom. The van der Waals surface area contributed by atoms with E-state index in [9.17, 15) is 9.59 Å². The smallest absolute Gasteiger partial charge is 0.308 e. The van der Waals surface area contributed by atoms with Crippen LogP contribution in [0.5, 0.6) is 0 Å². The van der Waals surface area contributed by atoms with Gasteiger partial charge in [-0.3, -0.25) is 14.5 Å². The minimum Gasteiger partial charge on any atom is -0.469 e. The second-order valence-electron chi connectivity index (χ2n) is 6.72. The Labute approximate surface area is 142 Å². The quantitative estimate of drug-likeness (QED) is 0.831. The molecule has 1 aromatic heterocycles. The highest BCUT2D eigenvalue weighted by molar-refractivity contribution is 5.91. The van der Waals surface area contributed by atoms with Crippen molar-refractivity contribution in [1.29, 1.82) is 0 Å². The highest BCUT2D eigenvalue weighted by Crippen LogP contribution is 2.31. The zero-order valence-electron chi connectivity index (χ0n) is 14.2. The Morgan fingerprint density at radius 1 is 1.25 bits per heavy atom. The van der Waals surface area contributed by atoms with E-state index in [-0.39, 0.29) is 17.8 Å². The predicted octanol–water partition coefficient (Wildman–Crippen LogP) is 1.82. The summed E-state index contributed by atoms with van der Waals surface area (Å²) in [6.45, 7) is 1.84. The second kappa shape index (κ2) is 7.79. The van der Waals surface area contributed by atoms with Crippen LogP contribution < -0.4 is 5.32 Å². The molecule has 7 nitrogen and oxygen atoms in total. The summed E-state index contributed by atoms with van der Waals surface area (Å²) in [5.41, 5.74) is 0. The van der Waals surface area contributed by atoms with Crippen LogP contribution in [-0.2, 0) is 14.3 Å². The van der Waals surface area contributed by atoms with Crippen LogP contribution in [0.4, 0.5) is 5.82 Å². The molecule has 1 aliphatic heterocycles. The van der Waals surface area contributed by atoms with E-state index in [1.54, 1.807) is 6.20 Å². The lowest BCUT2D eigenvalue weighted by Gasteiger charge is -2.30. The molecule has 0 bridgehead atoms. The molecule has 0 radical (unpaired) electrons. The number of methoxy groups -OCH3 is 1. The van der Waals surface area contributed by atoms with Gasteiger partial charge in [-0.2, -0.15) is 5.10 Å². The van der Waals surface area contributed by atoms with Gasteiger partial charge in [0.15, 0.2) is 0 Å². The van der Waals surface area contributed by atoms with Crippen LogP contribution in [0.2, 0.25) is 0 Å². The molecular formula is C17H26N4O3. The molecule has 1 N–H and O–H groups in total. The molecule has 3 rings (SSSR count). The van der Waals surface area contributed by atoms with Crippen LogP contribution in [0, 0.1) is 5.92 Å². The van der Waals surface area contributed by atoms with Crippen LogP contribution in [-0.4, -0.2) is 53.3 Å². The summed E-state index contributed by atoms with van der Waals surface area (Å²) in [4.78, 5) is 26.0. The number of hydrogen-bond acceptors (Lipinski definition) is 5. The average Bonchev–Trinajstić information content (AvgIpc) is 3.26. The fourth-order valence-electron chi connectivity index (χ4n) is 3.73. The zero-order valence-corrected chi connectivity index (χ0v) is 14.2. The lowest BCUT2D eigenvalue weighted by atomic mass is 9.97. The van der Waals surface area contributed by atoms with Gasteiger partial charge in [-0.25, -0.2) is 4.68 Å². The van der Waals surface area contributed by atoms with Crippen molar-refractivity contribution >= 4 is 17.7 Å². The maximum absolute atomic E-state index is 12.3. The summed E-state index contributed by atoms with van der Waals surface area (Å²) < 4.78 is 6.74. The average molecular weight is 334 g/mol. The van der Waals surface area contributed by atoms with Crippen molar-refractivity contribution in [2.24, 2.45) is 5.92 Å². The Morgan fingerprint density at radius 3 is 2.62 bits per heavy atom. The van der Waals surface area contributed by atoms with E-state index in [0.29, 0.717) is 12.6 Å². The van der Waals surface area contributed by atoms with Gasteiger partial charge in [-0.1, -0.05) is 12.8 Å². The third kappa shape index (κ3) is 3.95. The van der Waals surface area contributed by atoms with Crippen LogP contribution in [0.15, 0.2) is 12.3 Å². The van der Waals surface area contributed by atoms with Gasteiger partial charge in [0.25, 0.3) is 0 Å². The predicted molar refractivity (Wildman–Crippen MR) is 89.5 cm³/mol. The summed E-state index contributed by atoms with van der Waals surface area (Å²) in [6, 6.07) is 2.27. The Bertz CT molecular complexity index is 572. The fourth-order valence-corrected chi connectivity index (χ4v) is 3.73. The van der Waals surface area contributed by atoms with Gasteiger partial charge in [0.2, 0.25) is 5.91 Å². The number of aromatic nitrogens is 2. The van der Waals surface area contributed by atoms with E-state index in [1.165, 1.54) is 20.0 Å².